The maximum absolute atomic E-state index is 10.9. The van der Waals surface area contributed by atoms with E-state index in [0.29, 0.717) is 5.69 Å². The van der Waals surface area contributed by atoms with Crippen LogP contribution >= 0.6 is 0 Å². The highest BCUT2D eigenvalue weighted by Crippen LogP contribution is 2.39. The Kier molecular flexibility index (Phi) is 5.12. The minimum absolute atomic E-state index is 0.0336. The number of aromatic amines is 1. The Morgan fingerprint density at radius 1 is 0.781 bits per heavy atom. The van der Waals surface area contributed by atoms with Crippen molar-refractivity contribution in [2.45, 2.75) is 52.4 Å². The van der Waals surface area contributed by atoms with Crippen molar-refractivity contribution in [1.82, 2.24) is 4.98 Å². The first kappa shape index (κ1) is 21.7. The van der Waals surface area contributed by atoms with Gasteiger partial charge in [-0.2, -0.15) is 5.11 Å². The van der Waals surface area contributed by atoms with Gasteiger partial charge in [0, 0.05) is 28.4 Å². The molecular formula is C26H28N4O2. The van der Waals surface area contributed by atoms with E-state index < -0.39 is 4.92 Å². The largest absolute Gasteiger partial charge is 0.353 e. The lowest BCUT2D eigenvalue weighted by atomic mass is 9.84. The van der Waals surface area contributed by atoms with Gasteiger partial charge < -0.3 is 4.98 Å². The van der Waals surface area contributed by atoms with Crippen LogP contribution in [0.4, 0.5) is 17.1 Å². The van der Waals surface area contributed by atoms with Gasteiger partial charge in [-0.15, -0.1) is 5.11 Å². The third-order valence-corrected chi connectivity index (χ3v) is 5.75. The second-order valence-electron chi connectivity index (χ2n) is 10.3. The van der Waals surface area contributed by atoms with E-state index >= 15 is 0 Å². The van der Waals surface area contributed by atoms with Crippen molar-refractivity contribution < 1.29 is 4.92 Å². The van der Waals surface area contributed by atoms with E-state index in [1.807, 2.05) is 0 Å². The van der Waals surface area contributed by atoms with E-state index in [0.717, 1.165) is 22.1 Å². The van der Waals surface area contributed by atoms with Gasteiger partial charge in [0.05, 0.1) is 16.1 Å². The van der Waals surface area contributed by atoms with Gasteiger partial charge in [-0.1, -0.05) is 47.6 Å². The molecular weight excluding hydrogens is 400 g/mol. The van der Waals surface area contributed by atoms with Gasteiger partial charge >= 0.3 is 0 Å². The molecule has 0 saturated heterocycles. The Morgan fingerprint density at radius 3 is 2.00 bits per heavy atom. The quantitative estimate of drug-likeness (QED) is 0.202. The van der Waals surface area contributed by atoms with E-state index in [-0.39, 0.29) is 16.5 Å². The number of aromatic nitrogens is 1. The Balaban J connectivity index is 1.89. The molecule has 1 N–H and O–H groups in total. The van der Waals surface area contributed by atoms with Crippen LogP contribution in [0.3, 0.4) is 0 Å². The molecule has 0 amide bonds. The zero-order valence-corrected chi connectivity index (χ0v) is 19.4. The number of nitro benzene ring substituents is 1. The van der Waals surface area contributed by atoms with Crippen molar-refractivity contribution in [2.24, 2.45) is 10.2 Å². The number of rotatable bonds is 3. The Labute approximate surface area is 187 Å². The molecule has 32 heavy (non-hydrogen) atoms. The first-order valence-electron chi connectivity index (χ1n) is 10.7. The van der Waals surface area contributed by atoms with Crippen LogP contribution in [0, 0.1) is 10.1 Å². The molecule has 164 valence electrons. The second kappa shape index (κ2) is 7.55. The maximum atomic E-state index is 10.9. The van der Waals surface area contributed by atoms with Gasteiger partial charge in [0.25, 0.3) is 5.69 Å². The summed E-state index contributed by atoms with van der Waals surface area (Å²) >= 11 is 0. The Bertz CT molecular complexity index is 1350. The molecule has 0 fully saturated rings. The third-order valence-electron chi connectivity index (χ3n) is 5.75. The van der Waals surface area contributed by atoms with E-state index in [2.05, 4.69) is 87.1 Å². The normalized spacial score (nSPS) is 12.8. The smallest absolute Gasteiger partial charge is 0.269 e. The average molecular weight is 429 g/mol. The van der Waals surface area contributed by atoms with Crippen molar-refractivity contribution in [3.63, 3.8) is 0 Å². The van der Waals surface area contributed by atoms with Gasteiger partial charge in [-0.25, -0.2) is 0 Å². The van der Waals surface area contributed by atoms with Crippen molar-refractivity contribution in [3.8, 4) is 0 Å². The number of H-pyrrole nitrogens is 1. The summed E-state index contributed by atoms with van der Waals surface area (Å²) in [7, 11) is 0. The summed E-state index contributed by atoms with van der Waals surface area (Å²) in [5.41, 5.74) is 5.79. The summed E-state index contributed by atoms with van der Waals surface area (Å²) in [5, 5.41) is 22.1. The number of non-ortho nitro benzene ring substituents is 1. The van der Waals surface area contributed by atoms with E-state index in [1.54, 1.807) is 12.1 Å². The molecule has 3 aromatic carbocycles. The molecule has 6 nitrogen and oxygen atoms in total. The summed E-state index contributed by atoms with van der Waals surface area (Å²) in [6.07, 6.45) is 0. The highest BCUT2D eigenvalue weighted by molar-refractivity contribution is 6.11. The van der Waals surface area contributed by atoms with E-state index in [1.165, 1.54) is 28.6 Å². The molecule has 0 aliphatic rings. The molecule has 0 saturated carbocycles. The molecule has 0 unspecified atom stereocenters. The first-order valence-corrected chi connectivity index (χ1v) is 10.7. The van der Waals surface area contributed by atoms with Gasteiger partial charge in [0.1, 0.15) is 5.69 Å². The van der Waals surface area contributed by atoms with Crippen molar-refractivity contribution in [2.75, 3.05) is 0 Å². The molecule has 0 spiro atoms. The summed E-state index contributed by atoms with van der Waals surface area (Å²) in [4.78, 5) is 14.0. The molecule has 6 heteroatoms. The predicted octanol–water partition coefficient (Wildman–Crippen LogP) is 8.24. The topological polar surface area (TPSA) is 83.6 Å². The van der Waals surface area contributed by atoms with E-state index in [9.17, 15) is 10.1 Å². The molecule has 0 radical (unpaired) electrons. The number of nitro groups is 1. The molecule has 0 atom stereocenters. The Morgan fingerprint density at radius 2 is 1.41 bits per heavy atom. The van der Waals surface area contributed by atoms with Gasteiger partial charge in [-0.05, 0) is 58.4 Å². The van der Waals surface area contributed by atoms with Crippen LogP contribution in [0.2, 0.25) is 0 Å². The second-order valence-corrected chi connectivity index (χ2v) is 10.3. The standard InChI is InChI=1S/C26H28N4O2/c1-25(2,3)16-7-12-22-20(13-16)21-14-17(26(4,5)6)15-23(24(21)27-22)29-28-18-8-10-19(11-9-18)30(31)32/h7-15,27H,1-6H3. The fraction of sp³-hybridized carbons (Fsp3) is 0.308. The zero-order valence-electron chi connectivity index (χ0n) is 19.4. The summed E-state index contributed by atoms with van der Waals surface area (Å²) in [6, 6.07) is 16.9. The zero-order chi connectivity index (χ0) is 23.3. The van der Waals surface area contributed by atoms with Crippen LogP contribution < -0.4 is 0 Å². The molecule has 1 heterocycles. The van der Waals surface area contributed by atoms with Crippen LogP contribution in [0.15, 0.2) is 64.8 Å². The lowest BCUT2D eigenvalue weighted by Gasteiger charge is -2.20. The van der Waals surface area contributed by atoms with Crippen LogP contribution in [0.25, 0.3) is 21.8 Å². The summed E-state index contributed by atoms with van der Waals surface area (Å²) < 4.78 is 0. The third kappa shape index (κ3) is 4.13. The number of nitrogens with one attached hydrogen (secondary N) is 1. The molecule has 1 aromatic heterocycles. The van der Waals surface area contributed by atoms with Crippen molar-refractivity contribution in [1.29, 1.82) is 0 Å². The van der Waals surface area contributed by atoms with Gasteiger partial charge in [0.15, 0.2) is 0 Å². The minimum Gasteiger partial charge on any atom is -0.353 e. The SMILES string of the molecule is CC(C)(C)c1ccc2[nH]c3c(N=Nc4ccc([N+](=O)[O-])cc4)cc(C(C)(C)C)cc3c2c1. The molecule has 0 aliphatic carbocycles. The van der Waals surface area contributed by atoms with Crippen molar-refractivity contribution >= 4 is 38.9 Å². The van der Waals surface area contributed by atoms with Crippen LogP contribution in [-0.4, -0.2) is 9.91 Å². The molecule has 4 rings (SSSR count). The monoisotopic (exact) mass is 428 g/mol. The van der Waals surface area contributed by atoms with Gasteiger partial charge in [0.2, 0.25) is 0 Å². The number of nitrogens with zero attached hydrogens (tertiary/aromatic N) is 3. The van der Waals surface area contributed by atoms with Crippen LogP contribution in [0.1, 0.15) is 52.7 Å². The first-order chi connectivity index (χ1) is 14.9. The molecule has 4 aromatic rings. The maximum Gasteiger partial charge on any atom is 0.269 e. The summed E-state index contributed by atoms with van der Waals surface area (Å²) in [6.45, 7) is 13.2. The fourth-order valence-electron chi connectivity index (χ4n) is 3.71. The van der Waals surface area contributed by atoms with Crippen molar-refractivity contribution in [3.05, 3.63) is 75.8 Å². The van der Waals surface area contributed by atoms with E-state index in [4.69, 9.17) is 0 Å². The molecule has 0 aliphatic heterocycles. The molecule has 0 bridgehead atoms. The number of benzene rings is 3. The lowest BCUT2D eigenvalue weighted by molar-refractivity contribution is -0.384. The fourth-order valence-corrected chi connectivity index (χ4v) is 3.71. The van der Waals surface area contributed by atoms with Crippen LogP contribution in [-0.2, 0) is 10.8 Å². The average Bonchev–Trinajstić information content (AvgIpc) is 3.09. The highest BCUT2D eigenvalue weighted by Gasteiger charge is 2.20. The number of hydrogen-bond donors (Lipinski definition) is 1. The van der Waals surface area contributed by atoms with Gasteiger partial charge in [-0.3, -0.25) is 10.1 Å². The minimum atomic E-state index is -0.423. The Hall–Kier alpha value is -3.54. The number of fused-ring (bicyclic) bond motifs is 3. The number of hydrogen-bond acceptors (Lipinski definition) is 4. The highest BCUT2D eigenvalue weighted by atomic mass is 16.6. The summed E-state index contributed by atoms with van der Waals surface area (Å²) in [5.74, 6) is 0. The number of azo groups is 1. The predicted molar refractivity (Wildman–Crippen MR) is 130 cm³/mol. The van der Waals surface area contributed by atoms with Crippen LogP contribution in [0.5, 0.6) is 0 Å². The lowest BCUT2D eigenvalue weighted by Crippen LogP contribution is -2.11.